The molecule has 0 unspecified atom stereocenters. The van der Waals surface area contributed by atoms with E-state index in [1.54, 1.807) is 0 Å². The third-order valence-electron chi connectivity index (χ3n) is 2.30. The van der Waals surface area contributed by atoms with E-state index in [9.17, 15) is 0 Å². The van der Waals surface area contributed by atoms with E-state index in [0.717, 1.165) is 24.4 Å². The van der Waals surface area contributed by atoms with Gasteiger partial charge < -0.3 is 4.90 Å². The van der Waals surface area contributed by atoms with Gasteiger partial charge in [-0.1, -0.05) is 40.9 Å². The summed E-state index contributed by atoms with van der Waals surface area (Å²) in [5, 5.41) is 0. The Hall–Kier alpha value is -0.720. The fourth-order valence-corrected chi connectivity index (χ4v) is 1.20. The van der Waals surface area contributed by atoms with E-state index in [1.165, 1.54) is 0 Å². The van der Waals surface area contributed by atoms with Crippen molar-refractivity contribution in [1.29, 1.82) is 0 Å². The van der Waals surface area contributed by atoms with E-state index in [2.05, 4.69) is 52.7 Å². The third-order valence-corrected chi connectivity index (χ3v) is 2.30. The highest BCUT2D eigenvalue weighted by molar-refractivity contribution is 5.12. The first kappa shape index (κ1) is 12.3. The smallest absolute Gasteiger partial charge is 0.0196 e. The molecule has 0 atom stereocenters. The van der Waals surface area contributed by atoms with Crippen LogP contribution in [-0.4, -0.2) is 11.4 Å². The molecule has 1 heteroatoms. The van der Waals surface area contributed by atoms with Gasteiger partial charge in [0.15, 0.2) is 0 Å². The molecule has 0 saturated carbocycles. The zero-order valence-electron chi connectivity index (χ0n) is 9.78. The van der Waals surface area contributed by atoms with E-state index >= 15 is 0 Å². The molecule has 13 heavy (non-hydrogen) atoms. The van der Waals surface area contributed by atoms with Crippen LogP contribution in [0.2, 0.25) is 0 Å². The molecule has 1 nitrogen and oxygen atoms in total. The standard InChI is InChI=1S/C12H23N/c1-8-10(3)13(9-2)11(4)12(5,6)7/h3-4,8-9H2,1-2,5-7H3. The van der Waals surface area contributed by atoms with Gasteiger partial charge in [0, 0.05) is 23.4 Å². The molecule has 0 radical (unpaired) electrons. The Morgan fingerprint density at radius 3 is 1.85 bits per heavy atom. The predicted octanol–water partition coefficient (Wildman–Crippen LogP) is 3.79. The molecule has 0 aliphatic carbocycles. The number of rotatable bonds is 4. The first-order valence-electron chi connectivity index (χ1n) is 4.99. The number of hydrogen-bond acceptors (Lipinski definition) is 1. The van der Waals surface area contributed by atoms with Crippen LogP contribution in [0.25, 0.3) is 0 Å². The second-order valence-electron chi connectivity index (χ2n) is 4.36. The maximum Gasteiger partial charge on any atom is 0.0196 e. The van der Waals surface area contributed by atoms with E-state index in [-0.39, 0.29) is 5.41 Å². The van der Waals surface area contributed by atoms with Crippen LogP contribution in [0.3, 0.4) is 0 Å². The van der Waals surface area contributed by atoms with Gasteiger partial charge in [0.1, 0.15) is 0 Å². The van der Waals surface area contributed by atoms with Crippen molar-refractivity contribution >= 4 is 0 Å². The normalized spacial score (nSPS) is 11.2. The van der Waals surface area contributed by atoms with Crippen molar-refractivity contribution in [3.63, 3.8) is 0 Å². The molecule has 0 amide bonds. The molecule has 0 aliphatic rings. The summed E-state index contributed by atoms with van der Waals surface area (Å²) in [7, 11) is 0. The highest BCUT2D eigenvalue weighted by atomic mass is 15.1. The van der Waals surface area contributed by atoms with Crippen LogP contribution in [0.4, 0.5) is 0 Å². The second kappa shape index (κ2) is 4.50. The van der Waals surface area contributed by atoms with Gasteiger partial charge in [0.2, 0.25) is 0 Å². The van der Waals surface area contributed by atoms with Gasteiger partial charge in [0.25, 0.3) is 0 Å². The van der Waals surface area contributed by atoms with E-state index in [1.807, 2.05) is 0 Å². The third kappa shape index (κ3) is 3.25. The van der Waals surface area contributed by atoms with Crippen molar-refractivity contribution in [2.75, 3.05) is 6.54 Å². The number of nitrogens with zero attached hydrogens (tertiary/aromatic N) is 1. The summed E-state index contributed by atoms with van der Waals surface area (Å²) in [6.07, 6.45) is 0.989. The van der Waals surface area contributed by atoms with Crippen LogP contribution in [-0.2, 0) is 0 Å². The Morgan fingerprint density at radius 1 is 1.15 bits per heavy atom. The van der Waals surface area contributed by atoms with Gasteiger partial charge in [-0.3, -0.25) is 0 Å². The van der Waals surface area contributed by atoms with E-state index in [4.69, 9.17) is 0 Å². The summed E-state index contributed by atoms with van der Waals surface area (Å²) >= 11 is 0. The van der Waals surface area contributed by atoms with Crippen molar-refractivity contribution < 1.29 is 0 Å². The van der Waals surface area contributed by atoms with Crippen LogP contribution < -0.4 is 0 Å². The lowest BCUT2D eigenvalue weighted by Crippen LogP contribution is -2.28. The molecular weight excluding hydrogens is 158 g/mol. The van der Waals surface area contributed by atoms with Gasteiger partial charge in [-0.15, -0.1) is 0 Å². The lowest BCUT2D eigenvalue weighted by atomic mass is 9.91. The van der Waals surface area contributed by atoms with Gasteiger partial charge in [-0.2, -0.15) is 0 Å². The fraction of sp³-hybridized carbons (Fsp3) is 0.667. The molecule has 0 aromatic heterocycles. The highest BCUT2D eigenvalue weighted by Gasteiger charge is 2.20. The molecule has 0 aromatic carbocycles. The summed E-state index contributed by atoms with van der Waals surface area (Å²) < 4.78 is 0. The quantitative estimate of drug-likeness (QED) is 0.637. The molecule has 0 saturated heterocycles. The zero-order valence-corrected chi connectivity index (χ0v) is 9.78. The van der Waals surface area contributed by atoms with Gasteiger partial charge in [-0.05, 0) is 13.3 Å². The molecule has 0 aliphatic heterocycles. The van der Waals surface area contributed by atoms with Crippen molar-refractivity contribution in [2.24, 2.45) is 5.41 Å². The maximum absolute atomic E-state index is 4.13. The van der Waals surface area contributed by atoms with E-state index < -0.39 is 0 Å². The highest BCUT2D eigenvalue weighted by Crippen LogP contribution is 2.29. The summed E-state index contributed by atoms with van der Waals surface area (Å²) in [6, 6.07) is 0. The Morgan fingerprint density at radius 2 is 1.62 bits per heavy atom. The first-order chi connectivity index (χ1) is 5.84. The lowest BCUT2D eigenvalue weighted by Gasteiger charge is -2.34. The summed E-state index contributed by atoms with van der Waals surface area (Å²) in [5.74, 6) is 0. The first-order valence-corrected chi connectivity index (χ1v) is 4.99. The zero-order chi connectivity index (χ0) is 10.6. The van der Waals surface area contributed by atoms with Gasteiger partial charge in [-0.25, -0.2) is 0 Å². The SMILES string of the molecule is C=C(CC)N(CC)C(=C)C(C)(C)C. The van der Waals surface area contributed by atoms with Crippen molar-refractivity contribution in [3.8, 4) is 0 Å². The summed E-state index contributed by atoms with van der Waals surface area (Å²) in [6.45, 7) is 19.9. The molecule has 76 valence electrons. The van der Waals surface area contributed by atoms with Crippen LogP contribution in [0.15, 0.2) is 24.6 Å². The minimum Gasteiger partial charge on any atom is -0.350 e. The van der Waals surface area contributed by atoms with Gasteiger partial charge in [0.05, 0.1) is 0 Å². The van der Waals surface area contributed by atoms with Crippen molar-refractivity contribution in [1.82, 2.24) is 4.90 Å². The summed E-state index contributed by atoms with van der Waals surface area (Å²) in [4.78, 5) is 2.21. The van der Waals surface area contributed by atoms with Crippen LogP contribution in [0, 0.1) is 5.41 Å². The average molecular weight is 181 g/mol. The minimum absolute atomic E-state index is 0.133. The van der Waals surface area contributed by atoms with Crippen molar-refractivity contribution in [3.05, 3.63) is 24.6 Å². The Bertz CT molecular complexity index is 196. The summed E-state index contributed by atoms with van der Waals surface area (Å²) in [5.41, 5.74) is 2.44. The van der Waals surface area contributed by atoms with Crippen LogP contribution in [0.5, 0.6) is 0 Å². The van der Waals surface area contributed by atoms with E-state index in [0.29, 0.717) is 0 Å². The maximum atomic E-state index is 4.13. The molecule has 0 N–H and O–H groups in total. The molecule has 0 bridgehead atoms. The Balaban J connectivity index is 4.60. The van der Waals surface area contributed by atoms with Crippen LogP contribution >= 0.6 is 0 Å². The molecule has 0 rings (SSSR count). The minimum atomic E-state index is 0.133. The Labute approximate surface area is 83.1 Å². The number of allylic oxidation sites excluding steroid dienone is 2. The van der Waals surface area contributed by atoms with Gasteiger partial charge >= 0.3 is 0 Å². The monoisotopic (exact) mass is 181 g/mol. The number of hydrogen-bond donors (Lipinski definition) is 0. The molecule has 0 spiro atoms. The Kier molecular flexibility index (Phi) is 4.25. The van der Waals surface area contributed by atoms with Crippen LogP contribution in [0.1, 0.15) is 41.0 Å². The fourth-order valence-electron chi connectivity index (χ4n) is 1.20. The second-order valence-corrected chi connectivity index (χ2v) is 4.36. The lowest BCUT2D eigenvalue weighted by molar-refractivity contribution is 0.325. The molecule has 0 heterocycles. The largest absolute Gasteiger partial charge is 0.350 e. The molecule has 0 fully saturated rings. The molecular formula is C12H23N. The predicted molar refractivity (Wildman–Crippen MR) is 60.4 cm³/mol. The average Bonchev–Trinajstić information content (AvgIpc) is 2.03. The van der Waals surface area contributed by atoms with Crippen molar-refractivity contribution in [2.45, 2.75) is 41.0 Å². The topological polar surface area (TPSA) is 3.24 Å². The molecule has 0 aromatic rings.